The second-order valence-electron chi connectivity index (χ2n) is 3.99. The van der Waals surface area contributed by atoms with Gasteiger partial charge in [0, 0.05) is 6.07 Å². The number of anilines is 1. The molecule has 0 amide bonds. The topological polar surface area (TPSA) is 84.2 Å². The number of hydrogen-bond acceptors (Lipinski definition) is 5. The smallest absolute Gasteiger partial charge is 0.242 e. The summed E-state index contributed by atoms with van der Waals surface area (Å²) in [5, 5.41) is 6.80. The van der Waals surface area contributed by atoms with E-state index < -0.39 is 10.0 Å². The Morgan fingerprint density at radius 2 is 2.05 bits per heavy atom. The van der Waals surface area contributed by atoms with Gasteiger partial charge >= 0.3 is 0 Å². The number of nitrogens with zero attached hydrogens (tertiary/aromatic N) is 1. The number of aromatic nitrogens is 1. The summed E-state index contributed by atoms with van der Waals surface area (Å²) >= 11 is 0. The van der Waals surface area contributed by atoms with Gasteiger partial charge in [-0.3, -0.25) is 0 Å². The maximum Gasteiger partial charge on any atom is 0.242 e. The van der Waals surface area contributed by atoms with Crippen LogP contribution in [0.25, 0.3) is 0 Å². The zero-order valence-electron chi connectivity index (χ0n) is 10.7. The lowest BCUT2D eigenvalue weighted by atomic mass is 10.3. The van der Waals surface area contributed by atoms with Gasteiger partial charge in [0.15, 0.2) is 5.76 Å². The maximum atomic E-state index is 11.9. The fourth-order valence-corrected chi connectivity index (χ4v) is 2.55. The average molecular weight is 281 g/mol. The third-order valence-corrected chi connectivity index (χ3v) is 4.05. The Hall–Kier alpha value is -1.86. The lowest BCUT2D eigenvalue weighted by molar-refractivity contribution is 0.384. The van der Waals surface area contributed by atoms with E-state index in [1.165, 1.54) is 7.05 Å². The molecule has 0 aliphatic heterocycles. The summed E-state index contributed by atoms with van der Waals surface area (Å²) in [6.07, 6.45) is 0. The minimum atomic E-state index is -3.49. The molecule has 0 atom stereocenters. The fourth-order valence-electron chi connectivity index (χ4n) is 1.64. The molecule has 19 heavy (non-hydrogen) atoms. The van der Waals surface area contributed by atoms with Crippen LogP contribution < -0.4 is 10.0 Å². The van der Waals surface area contributed by atoms with Crippen LogP contribution in [0.15, 0.2) is 39.8 Å². The number of rotatable bonds is 5. The first-order chi connectivity index (χ1) is 9.03. The number of hydrogen-bond donors (Lipinski definition) is 2. The zero-order chi connectivity index (χ0) is 13.9. The van der Waals surface area contributed by atoms with Gasteiger partial charge in [-0.15, -0.1) is 0 Å². The molecule has 1 aromatic carbocycles. The predicted octanol–water partition coefficient (Wildman–Crippen LogP) is 1.50. The van der Waals surface area contributed by atoms with Gasteiger partial charge in [-0.2, -0.15) is 0 Å². The first-order valence-corrected chi connectivity index (χ1v) is 7.20. The molecule has 0 bridgehead atoms. The van der Waals surface area contributed by atoms with Gasteiger partial charge in [0.1, 0.15) is 4.90 Å². The van der Waals surface area contributed by atoms with Crippen molar-refractivity contribution in [2.24, 2.45) is 0 Å². The average Bonchev–Trinajstić information content (AvgIpc) is 2.82. The number of sulfonamides is 1. The Morgan fingerprint density at radius 3 is 2.68 bits per heavy atom. The largest absolute Gasteiger partial charge is 0.377 e. The summed E-state index contributed by atoms with van der Waals surface area (Å²) in [4.78, 5) is 0.203. The highest BCUT2D eigenvalue weighted by Crippen LogP contribution is 2.21. The Balaban J connectivity index is 2.21. The molecule has 0 saturated heterocycles. The van der Waals surface area contributed by atoms with E-state index >= 15 is 0 Å². The summed E-state index contributed by atoms with van der Waals surface area (Å²) in [5.41, 5.74) is 1.30. The highest BCUT2D eigenvalue weighted by molar-refractivity contribution is 7.89. The summed E-state index contributed by atoms with van der Waals surface area (Å²) in [7, 11) is -2.11. The summed E-state index contributed by atoms with van der Waals surface area (Å²) in [6, 6.07) is 8.48. The molecule has 0 radical (unpaired) electrons. The molecule has 2 rings (SSSR count). The number of nitrogens with one attached hydrogen (secondary N) is 2. The monoisotopic (exact) mass is 281 g/mol. The van der Waals surface area contributed by atoms with Crippen molar-refractivity contribution < 1.29 is 12.9 Å². The maximum absolute atomic E-state index is 11.9. The third-order valence-electron chi connectivity index (χ3n) is 2.58. The molecule has 102 valence electrons. The SMILES string of the molecule is CNS(=O)(=O)c1ccccc1NCc1cc(C)no1. The van der Waals surface area contributed by atoms with Gasteiger partial charge in [0.25, 0.3) is 0 Å². The molecule has 2 aromatic rings. The lowest BCUT2D eigenvalue weighted by Crippen LogP contribution is -2.20. The first-order valence-electron chi connectivity index (χ1n) is 5.71. The lowest BCUT2D eigenvalue weighted by Gasteiger charge is -2.10. The van der Waals surface area contributed by atoms with Crippen LogP contribution in [0.3, 0.4) is 0 Å². The van der Waals surface area contributed by atoms with E-state index in [1.54, 1.807) is 30.3 Å². The molecule has 0 spiro atoms. The zero-order valence-corrected chi connectivity index (χ0v) is 11.5. The minimum Gasteiger partial charge on any atom is -0.377 e. The molecule has 0 fully saturated rings. The molecule has 6 nitrogen and oxygen atoms in total. The van der Waals surface area contributed by atoms with E-state index in [9.17, 15) is 8.42 Å². The van der Waals surface area contributed by atoms with E-state index in [1.807, 2.05) is 6.92 Å². The predicted molar refractivity (Wildman–Crippen MR) is 71.3 cm³/mol. The molecule has 7 heteroatoms. The summed E-state index contributed by atoms with van der Waals surface area (Å²) in [5.74, 6) is 0.647. The van der Waals surface area contributed by atoms with Crippen LogP contribution in [0.4, 0.5) is 5.69 Å². The van der Waals surface area contributed by atoms with E-state index in [0.717, 1.165) is 5.69 Å². The van der Waals surface area contributed by atoms with Crippen LogP contribution in [0.5, 0.6) is 0 Å². The molecule has 0 aliphatic carbocycles. The Kier molecular flexibility index (Phi) is 3.87. The van der Waals surface area contributed by atoms with Gasteiger partial charge in [-0.1, -0.05) is 17.3 Å². The van der Waals surface area contributed by atoms with E-state index in [2.05, 4.69) is 15.2 Å². The number of aryl methyl sites for hydroxylation is 1. The van der Waals surface area contributed by atoms with E-state index in [4.69, 9.17) is 4.52 Å². The number of benzene rings is 1. The fraction of sp³-hybridized carbons (Fsp3) is 0.250. The van der Waals surface area contributed by atoms with Crippen molar-refractivity contribution in [3.8, 4) is 0 Å². The van der Waals surface area contributed by atoms with Crippen LogP contribution in [0.1, 0.15) is 11.5 Å². The summed E-state index contributed by atoms with van der Waals surface area (Å²) in [6.45, 7) is 2.20. The van der Waals surface area contributed by atoms with Crippen LogP contribution >= 0.6 is 0 Å². The van der Waals surface area contributed by atoms with E-state index in [-0.39, 0.29) is 4.90 Å². The molecule has 1 heterocycles. The Bertz CT molecular complexity index is 664. The van der Waals surface area contributed by atoms with Crippen molar-refractivity contribution in [2.45, 2.75) is 18.4 Å². The van der Waals surface area contributed by atoms with Crippen LogP contribution in [0, 0.1) is 6.92 Å². The Morgan fingerprint density at radius 1 is 1.32 bits per heavy atom. The standard InChI is InChI=1S/C12H15N3O3S/c1-9-7-10(18-15-9)8-14-11-5-3-4-6-12(11)19(16,17)13-2/h3-7,13-14H,8H2,1-2H3. The quantitative estimate of drug-likeness (QED) is 0.867. The normalized spacial score (nSPS) is 11.5. The van der Waals surface area contributed by atoms with Gasteiger partial charge in [0.2, 0.25) is 10.0 Å². The van der Waals surface area contributed by atoms with Gasteiger partial charge in [-0.05, 0) is 26.1 Å². The van der Waals surface area contributed by atoms with Crippen molar-refractivity contribution in [3.63, 3.8) is 0 Å². The van der Waals surface area contributed by atoms with Gasteiger partial charge in [0.05, 0.1) is 17.9 Å². The third kappa shape index (κ3) is 3.12. The molecule has 0 unspecified atom stereocenters. The highest BCUT2D eigenvalue weighted by Gasteiger charge is 2.15. The molecule has 0 aliphatic rings. The molecular weight excluding hydrogens is 266 g/mol. The molecule has 0 saturated carbocycles. The van der Waals surface area contributed by atoms with Crippen molar-refractivity contribution in [1.82, 2.24) is 9.88 Å². The van der Waals surface area contributed by atoms with E-state index in [0.29, 0.717) is 18.0 Å². The van der Waals surface area contributed by atoms with Crippen molar-refractivity contribution in [2.75, 3.05) is 12.4 Å². The minimum absolute atomic E-state index is 0.203. The first kappa shape index (κ1) is 13.6. The van der Waals surface area contributed by atoms with Crippen LogP contribution in [-0.2, 0) is 16.6 Å². The van der Waals surface area contributed by atoms with Crippen molar-refractivity contribution in [1.29, 1.82) is 0 Å². The second-order valence-corrected chi connectivity index (χ2v) is 5.85. The Labute approximate surface area is 111 Å². The van der Waals surface area contributed by atoms with Crippen molar-refractivity contribution in [3.05, 3.63) is 41.8 Å². The summed E-state index contributed by atoms with van der Waals surface area (Å²) < 4.78 is 31.1. The van der Waals surface area contributed by atoms with Gasteiger partial charge in [-0.25, -0.2) is 13.1 Å². The highest BCUT2D eigenvalue weighted by atomic mass is 32.2. The molecular formula is C12H15N3O3S. The molecule has 2 N–H and O–H groups in total. The van der Waals surface area contributed by atoms with Crippen molar-refractivity contribution >= 4 is 15.7 Å². The van der Waals surface area contributed by atoms with Gasteiger partial charge < -0.3 is 9.84 Å². The second kappa shape index (κ2) is 5.41. The van der Waals surface area contributed by atoms with Crippen LogP contribution in [-0.4, -0.2) is 20.6 Å². The number of para-hydroxylation sites is 1. The van der Waals surface area contributed by atoms with Crippen LogP contribution in [0.2, 0.25) is 0 Å². The molecule has 1 aromatic heterocycles.